The molecule has 0 radical (unpaired) electrons. The van der Waals surface area contributed by atoms with Gasteiger partial charge in [-0.2, -0.15) is 4.72 Å². The number of hydrogen-bond acceptors (Lipinski definition) is 6. The fourth-order valence-corrected chi connectivity index (χ4v) is 5.22. The molecule has 1 unspecified atom stereocenters. The highest BCUT2D eigenvalue weighted by Crippen LogP contribution is 2.27. The van der Waals surface area contributed by atoms with Gasteiger partial charge in [0.25, 0.3) is 10.0 Å². The van der Waals surface area contributed by atoms with E-state index in [1.54, 1.807) is 42.5 Å². The van der Waals surface area contributed by atoms with Crippen molar-refractivity contribution in [2.24, 2.45) is 0 Å². The number of carbonyl (C=O) groups excluding carboxylic acids is 1. The molecule has 0 bridgehead atoms. The first-order chi connectivity index (χ1) is 17.0. The lowest BCUT2D eigenvalue weighted by Gasteiger charge is -2.15. The van der Waals surface area contributed by atoms with Gasteiger partial charge in [0.2, 0.25) is 15.9 Å². The minimum Gasteiger partial charge on any atom is -0.497 e. The van der Waals surface area contributed by atoms with Crippen LogP contribution >= 0.6 is 11.6 Å². The average Bonchev–Trinajstić information content (AvgIpc) is 2.84. The molecule has 0 aliphatic heterocycles. The molecular formula is C24H24ClN3O6S2. The zero-order chi connectivity index (χ0) is 26.3. The van der Waals surface area contributed by atoms with E-state index < -0.39 is 32.0 Å². The largest absolute Gasteiger partial charge is 0.497 e. The summed E-state index contributed by atoms with van der Waals surface area (Å²) in [5, 5.41) is 3.50. The van der Waals surface area contributed by atoms with Crippen LogP contribution < -0.4 is 19.5 Å². The average molecular weight is 550 g/mol. The highest BCUT2D eigenvalue weighted by atomic mass is 35.5. The Kier molecular flexibility index (Phi) is 8.75. The molecule has 0 saturated heterocycles. The summed E-state index contributed by atoms with van der Waals surface area (Å²) in [6, 6.07) is 17.7. The highest BCUT2D eigenvalue weighted by molar-refractivity contribution is 7.93. The van der Waals surface area contributed by atoms with Crippen molar-refractivity contribution in [3.8, 4) is 5.75 Å². The van der Waals surface area contributed by atoms with E-state index >= 15 is 0 Å². The van der Waals surface area contributed by atoms with Crippen LogP contribution in [0.2, 0.25) is 5.02 Å². The lowest BCUT2D eigenvalue weighted by atomic mass is 10.2. The van der Waals surface area contributed by atoms with Gasteiger partial charge in [-0.15, -0.1) is 0 Å². The summed E-state index contributed by atoms with van der Waals surface area (Å²) < 4.78 is 60.0. The third-order valence-corrected chi connectivity index (χ3v) is 7.71. The molecule has 0 aliphatic carbocycles. The summed E-state index contributed by atoms with van der Waals surface area (Å²) >= 11 is 6.15. The monoisotopic (exact) mass is 549 g/mol. The number of amides is 1. The van der Waals surface area contributed by atoms with Gasteiger partial charge in [-0.1, -0.05) is 41.9 Å². The minimum atomic E-state index is -4.01. The molecule has 0 aromatic heterocycles. The van der Waals surface area contributed by atoms with Crippen LogP contribution in [0.4, 0.5) is 11.4 Å². The van der Waals surface area contributed by atoms with Crippen LogP contribution in [-0.4, -0.2) is 35.9 Å². The van der Waals surface area contributed by atoms with Crippen LogP contribution in [0.1, 0.15) is 12.5 Å². The first-order valence-corrected chi connectivity index (χ1v) is 13.9. The number of halogens is 1. The van der Waals surface area contributed by atoms with E-state index in [4.69, 9.17) is 16.3 Å². The fourth-order valence-electron chi connectivity index (χ4n) is 2.95. The number of benzene rings is 3. The van der Waals surface area contributed by atoms with Gasteiger partial charge in [0.05, 0.1) is 28.8 Å². The predicted molar refractivity (Wildman–Crippen MR) is 141 cm³/mol. The quantitative estimate of drug-likeness (QED) is 0.349. The smallest absolute Gasteiger partial charge is 0.261 e. The van der Waals surface area contributed by atoms with Crippen LogP contribution in [0, 0.1) is 0 Å². The van der Waals surface area contributed by atoms with E-state index in [1.165, 1.54) is 50.4 Å². The molecular weight excluding hydrogens is 526 g/mol. The Labute approximate surface area is 215 Å². The van der Waals surface area contributed by atoms with Crippen LogP contribution in [0.3, 0.4) is 0 Å². The molecule has 3 aromatic rings. The molecule has 0 saturated carbocycles. The molecule has 0 fully saturated rings. The normalized spacial score (nSPS) is 12.8. The molecule has 1 amide bonds. The molecule has 0 heterocycles. The summed E-state index contributed by atoms with van der Waals surface area (Å²) in [6.45, 7) is 1.35. The third kappa shape index (κ3) is 7.56. The van der Waals surface area contributed by atoms with Gasteiger partial charge in [0.1, 0.15) is 5.75 Å². The Morgan fingerprint density at radius 1 is 0.972 bits per heavy atom. The topological polar surface area (TPSA) is 131 Å². The number of ether oxygens (including phenoxy) is 1. The molecule has 0 spiro atoms. The van der Waals surface area contributed by atoms with Gasteiger partial charge in [0, 0.05) is 11.1 Å². The predicted octanol–water partition coefficient (Wildman–Crippen LogP) is 4.07. The Bertz CT molecular complexity index is 1460. The number of nitrogens with one attached hydrogen (secondary N) is 3. The number of sulfonamides is 2. The maximum Gasteiger partial charge on any atom is 0.261 e. The van der Waals surface area contributed by atoms with Gasteiger partial charge < -0.3 is 10.1 Å². The highest BCUT2D eigenvalue weighted by Gasteiger charge is 2.21. The van der Waals surface area contributed by atoms with Gasteiger partial charge in [0.15, 0.2) is 0 Å². The van der Waals surface area contributed by atoms with E-state index in [0.717, 1.165) is 5.41 Å². The van der Waals surface area contributed by atoms with Crippen LogP contribution in [0.15, 0.2) is 83.1 Å². The molecule has 0 aliphatic rings. The molecule has 1 atom stereocenters. The Hall–Kier alpha value is -3.38. The van der Waals surface area contributed by atoms with E-state index in [9.17, 15) is 21.6 Å². The zero-order valence-corrected chi connectivity index (χ0v) is 21.7. The van der Waals surface area contributed by atoms with Crippen molar-refractivity contribution in [3.05, 3.63) is 88.8 Å². The second-order valence-electron chi connectivity index (χ2n) is 7.56. The fraction of sp³-hybridized carbons (Fsp3) is 0.125. The van der Waals surface area contributed by atoms with E-state index in [1.807, 2.05) is 0 Å². The lowest BCUT2D eigenvalue weighted by molar-refractivity contribution is -0.117. The molecule has 190 valence electrons. The second-order valence-corrected chi connectivity index (χ2v) is 11.3. The summed E-state index contributed by atoms with van der Waals surface area (Å²) in [5.74, 6) is -0.166. The van der Waals surface area contributed by atoms with Gasteiger partial charge in [-0.25, -0.2) is 16.8 Å². The number of rotatable bonds is 10. The minimum absolute atomic E-state index is 0.00477. The Morgan fingerprint density at radius 3 is 2.28 bits per heavy atom. The molecule has 36 heavy (non-hydrogen) atoms. The summed E-state index contributed by atoms with van der Waals surface area (Å²) in [5.41, 5.74) is 0.987. The Balaban J connectivity index is 1.70. The maximum atomic E-state index is 12.8. The summed E-state index contributed by atoms with van der Waals surface area (Å²) in [7, 11) is -6.45. The van der Waals surface area contributed by atoms with E-state index in [0.29, 0.717) is 17.0 Å². The van der Waals surface area contributed by atoms with Crippen molar-refractivity contribution in [2.45, 2.75) is 17.9 Å². The maximum absolute atomic E-state index is 12.8. The third-order valence-electron chi connectivity index (χ3n) is 4.82. The van der Waals surface area contributed by atoms with Gasteiger partial charge in [-0.05, 0) is 61.0 Å². The molecule has 3 aromatic carbocycles. The van der Waals surface area contributed by atoms with Crippen molar-refractivity contribution in [2.75, 3.05) is 17.1 Å². The number of carbonyl (C=O) groups is 1. The van der Waals surface area contributed by atoms with Crippen molar-refractivity contribution in [1.29, 1.82) is 0 Å². The van der Waals surface area contributed by atoms with Crippen LogP contribution in [-0.2, 0) is 24.8 Å². The van der Waals surface area contributed by atoms with Gasteiger partial charge >= 0.3 is 0 Å². The molecule has 3 rings (SSSR count). The molecule has 3 N–H and O–H groups in total. The number of methoxy groups -OCH3 is 1. The molecule has 12 heteroatoms. The number of hydrogen-bond donors (Lipinski definition) is 3. The van der Waals surface area contributed by atoms with Crippen molar-refractivity contribution in [1.82, 2.24) is 4.72 Å². The second kappa shape index (κ2) is 11.6. The Morgan fingerprint density at radius 2 is 1.64 bits per heavy atom. The number of anilines is 2. The van der Waals surface area contributed by atoms with Crippen molar-refractivity contribution in [3.63, 3.8) is 0 Å². The van der Waals surface area contributed by atoms with Crippen LogP contribution in [0.25, 0.3) is 6.08 Å². The van der Waals surface area contributed by atoms with Crippen molar-refractivity contribution < 1.29 is 26.4 Å². The zero-order valence-electron chi connectivity index (χ0n) is 19.3. The summed E-state index contributed by atoms with van der Waals surface area (Å²) in [4.78, 5) is 12.5. The van der Waals surface area contributed by atoms with E-state index in [-0.39, 0.29) is 15.6 Å². The first kappa shape index (κ1) is 27.2. The van der Waals surface area contributed by atoms with E-state index in [2.05, 4.69) is 14.8 Å². The standard InChI is InChI=1S/C24H24ClN3O6S2/c1-17(27-35(30,31)15-14-18-6-4-3-5-7-18)24(29)26-23-16-21(12-13-22(23)25)36(32,33)28-19-8-10-20(34-2)11-9-19/h3-17,27-28H,1-2H3,(H,26,29)/b15-14+. The van der Waals surface area contributed by atoms with Crippen molar-refractivity contribution >= 4 is 55.0 Å². The molecule has 9 nitrogen and oxygen atoms in total. The summed E-state index contributed by atoms with van der Waals surface area (Å²) in [6.07, 6.45) is 1.40. The SMILES string of the molecule is COc1ccc(NS(=O)(=O)c2ccc(Cl)c(NC(=O)C(C)NS(=O)(=O)/C=C/c3ccccc3)c2)cc1. The first-order valence-electron chi connectivity index (χ1n) is 10.5. The van der Waals surface area contributed by atoms with Crippen LogP contribution in [0.5, 0.6) is 5.75 Å². The lowest BCUT2D eigenvalue weighted by Crippen LogP contribution is -2.40. The van der Waals surface area contributed by atoms with Gasteiger partial charge in [-0.3, -0.25) is 9.52 Å².